The van der Waals surface area contributed by atoms with Crippen LogP contribution < -0.4 is 0 Å². The highest BCUT2D eigenvalue weighted by molar-refractivity contribution is 5.80. The number of aromatic hydroxyl groups is 1. The Bertz CT molecular complexity index is 940. The summed E-state index contributed by atoms with van der Waals surface area (Å²) >= 11 is 0. The Labute approximate surface area is 134 Å². The summed E-state index contributed by atoms with van der Waals surface area (Å²) in [4.78, 5) is 4.79. The Morgan fingerprint density at radius 3 is 2.26 bits per heavy atom. The van der Waals surface area contributed by atoms with Gasteiger partial charge in [0.25, 0.3) is 0 Å². The molecule has 0 saturated carbocycles. The first-order valence-electron chi connectivity index (χ1n) is 7.60. The van der Waals surface area contributed by atoms with Gasteiger partial charge in [-0.2, -0.15) is 0 Å². The van der Waals surface area contributed by atoms with Gasteiger partial charge in [0.05, 0.1) is 11.0 Å². The van der Waals surface area contributed by atoms with E-state index in [1.165, 1.54) is 5.56 Å². The molecule has 1 N–H and O–H groups in total. The normalized spacial score (nSPS) is 11.0. The van der Waals surface area contributed by atoms with E-state index in [-0.39, 0.29) is 5.75 Å². The fraction of sp³-hybridized carbons (Fsp3) is 0.0500. The van der Waals surface area contributed by atoms with E-state index >= 15 is 0 Å². The predicted octanol–water partition coefficient (Wildman–Crippen LogP) is 4.46. The number of phenols is 1. The molecule has 1 heterocycles. The van der Waals surface area contributed by atoms with Crippen LogP contribution in [0.3, 0.4) is 0 Å². The standard InChI is InChI=1S/C20H16N2O/c23-17-12-10-16(11-13-17)20-21-18-8-4-5-9-19(18)22(20)14-15-6-2-1-3-7-15/h1-13,23H,14H2. The van der Waals surface area contributed by atoms with Crippen LogP contribution in [-0.2, 0) is 6.54 Å². The van der Waals surface area contributed by atoms with Crippen LogP contribution in [0.5, 0.6) is 5.75 Å². The maximum atomic E-state index is 9.52. The van der Waals surface area contributed by atoms with Crippen LogP contribution in [0.1, 0.15) is 5.56 Å². The van der Waals surface area contributed by atoms with Crippen LogP contribution in [0.25, 0.3) is 22.4 Å². The second kappa shape index (κ2) is 5.61. The summed E-state index contributed by atoms with van der Waals surface area (Å²) in [6.07, 6.45) is 0. The van der Waals surface area contributed by atoms with Crippen molar-refractivity contribution in [2.75, 3.05) is 0 Å². The lowest BCUT2D eigenvalue weighted by Crippen LogP contribution is -2.02. The van der Waals surface area contributed by atoms with E-state index in [4.69, 9.17) is 4.98 Å². The molecule has 3 aromatic carbocycles. The number of benzene rings is 3. The van der Waals surface area contributed by atoms with E-state index in [9.17, 15) is 5.11 Å². The molecule has 0 radical (unpaired) electrons. The lowest BCUT2D eigenvalue weighted by Gasteiger charge is -2.10. The molecule has 0 unspecified atom stereocenters. The Morgan fingerprint density at radius 2 is 1.48 bits per heavy atom. The van der Waals surface area contributed by atoms with Gasteiger partial charge in [0.1, 0.15) is 11.6 Å². The van der Waals surface area contributed by atoms with E-state index < -0.39 is 0 Å². The molecule has 0 bridgehead atoms. The van der Waals surface area contributed by atoms with Crippen LogP contribution in [0.15, 0.2) is 78.9 Å². The van der Waals surface area contributed by atoms with E-state index in [0.29, 0.717) is 0 Å². The van der Waals surface area contributed by atoms with E-state index in [1.54, 1.807) is 12.1 Å². The minimum atomic E-state index is 0.263. The number of para-hydroxylation sites is 2. The van der Waals surface area contributed by atoms with Crippen molar-refractivity contribution in [3.63, 3.8) is 0 Å². The van der Waals surface area contributed by atoms with Crippen molar-refractivity contribution in [2.24, 2.45) is 0 Å². The van der Waals surface area contributed by atoms with Crippen LogP contribution >= 0.6 is 0 Å². The van der Waals surface area contributed by atoms with Crippen molar-refractivity contribution in [3.05, 3.63) is 84.4 Å². The second-order valence-corrected chi connectivity index (χ2v) is 5.54. The summed E-state index contributed by atoms with van der Waals surface area (Å²) in [6, 6.07) is 25.7. The Hall–Kier alpha value is -3.07. The van der Waals surface area contributed by atoms with Crippen LogP contribution in [-0.4, -0.2) is 14.7 Å². The van der Waals surface area contributed by atoms with Crippen LogP contribution in [0.2, 0.25) is 0 Å². The van der Waals surface area contributed by atoms with Gasteiger partial charge < -0.3 is 9.67 Å². The summed E-state index contributed by atoms with van der Waals surface area (Å²) in [6.45, 7) is 0.761. The average Bonchev–Trinajstić information content (AvgIpc) is 2.95. The molecule has 0 saturated heterocycles. The minimum absolute atomic E-state index is 0.263. The highest BCUT2D eigenvalue weighted by Gasteiger charge is 2.12. The van der Waals surface area contributed by atoms with Crippen molar-refractivity contribution in [2.45, 2.75) is 6.54 Å². The van der Waals surface area contributed by atoms with Crippen LogP contribution in [0.4, 0.5) is 0 Å². The summed E-state index contributed by atoms with van der Waals surface area (Å²) in [5, 5.41) is 9.52. The number of fused-ring (bicyclic) bond motifs is 1. The molecule has 3 nitrogen and oxygen atoms in total. The zero-order valence-electron chi connectivity index (χ0n) is 12.6. The summed E-state index contributed by atoms with van der Waals surface area (Å²) in [5.41, 5.74) is 4.32. The fourth-order valence-electron chi connectivity index (χ4n) is 2.83. The van der Waals surface area contributed by atoms with Crippen LogP contribution in [0, 0.1) is 0 Å². The van der Waals surface area contributed by atoms with E-state index in [2.05, 4.69) is 34.9 Å². The first-order valence-corrected chi connectivity index (χ1v) is 7.60. The molecule has 3 heteroatoms. The molecule has 4 aromatic rings. The molecule has 0 aliphatic rings. The topological polar surface area (TPSA) is 38.1 Å². The van der Waals surface area contributed by atoms with Gasteiger partial charge in [0.2, 0.25) is 0 Å². The number of aromatic nitrogens is 2. The van der Waals surface area contributed by atoms with Crippen molar-refractivity contribution in [1.29, 1.82) is 0 Å². The molecule has 112 valence electrons. The van der Waals surface area contributed by atoms with E-state index in [1.807, 2.05) is 36.4 Å². The third-order valence-corrected chi connectivity index (χ3v) is 3.96. The molecule has 1 aromatic heterocycles. The van der Waals surface area contributed by atoms with Crippen molar-refractivity contribution < 1.29 is 5.11 Å². The number of phenolic OH excluding ortho intramolecular Hbond substituents is 1. The summed E-state index contributed by atoms with van der Waals surface area (Å²) < 4.78 is 2.22. The maximum Gasteiger partial charge on any atom is 0.141 e. The summed E-state index contributed by atoms with van der Waals surface area (Å²) in [5.74, 6) is 1.18. The number of imidazole rings is 1. The average molecular weight is 300 g/mol. The molecule has 0 aliphatic carbocycles. The monoisotopic (exact) mass is 300 g/mol. The molecule has 0 spiro atoms. The van der Waals surface area contributed by atoms with Gasteiger partial charge in [0, 0.05) is 12.1 Å². The Morgan fingerprint density at radius 1 is 0.783 bits per heavy atom. The van der Waals surface area contributed by atoms with Gasteiger partial charge in [0.15, 0.2) is 0 Å². The molecular weight excluding hydrogens is 284 g/mol. The second-order valence-electron chi connectivity index (χ2n) is 5.54. The number of nitrogens with zero attached hydrogens (tertiary/aromatic N) is 2. The van der Waals surface area contributed by atoms with Gasteiger partial charge in [-0.15, -0.1) is 0 Å². The fourth-order valence-corrected chi connectivity index (χ4v) is 2.83. The lowest BCUT2D eigenvalue weighted by molar-refractivity contribution is 0.475. The molecule has 0 fully saturated rings. The zero-order chi connectivity index (χ0) is 15.6. The molecule has 0 atom stereocenters. The number of hydrogen-bond acceptors (Lipinski definition) is 2. The highest BCUT2D eigenvalue weighted by atomic mass is 16.3. The predicted molar refractivity (Wildman–Crippen MR) is 92.4 cm³/mol. The first kappa shape index (κ1) is 13.6. The lowest BCUT2D eigenvalue weighted by atomic mass is 10.2. The zero-order valence-corrected chi connectivity index (χ0v) is 12.6. The molecule has 0 aliphatic heterocycles. The molecule has 4 rings (SSSR count). The van der Waals surface area contributed by atoms with Gasteiger partial charge in [-0.05, 0) is 42.0 Å². The highest BCUT2D eigenvalue weighted by Crippen LogP contribution is 2.27. The third kappa shape index (κ3) is 2.57. The van der Waals surface area contributed by atoms with Crippen molar-refractivity contribution in [3.8, 4) is 17.1 Å². The van der Waals surface area contributed by atoms with Crippen molar-refractivity contribution >= 4 is 11.0 Å². The third-order valence-electron chi connectivity index (χ3n) is 3.96. The van der Waals surface area contributed by atoms with E-state index in [0.717, 1.165) is 29.0 Å². The van der Waals surface area contributed by atoms with Gasteiger partial charge in [-0.1, -0.05) is 42.5 Å². The Kier molecular flexibility index (Phi) is 3.31. The molecular formula is C20H16N2O. The largest absolute Gasteiger partial charge is 0.508 e. The number of hydrogen-bond donors (Lipinski definition) is 1. The maximum absolute atomic E-state index is 9.52. The quantitative estimate of drug-likeness (QED) is 0.606. The van der Waals surface area contributed by atoms with Gasteiger partial charge >= 0.3 is 0 Å². The van der Waals surface area contributed by atoms with Crippen molar-refractivity contribution in [1.82, 2.24) is 9.55 Å². The smallest absolute Gasteiger partial charge is 0.141 e. The van der Waals surface area contributed by atoms with Gasteiger partial charge in [-0.25, -0.2) is 4.98 Å². The molecule has 0 amide bonds. The Balaban J connectivity index is 1.89. The SMILES string of the molecule is Oc1ccc(-c2nc3ccccc3n2Cc2ccccc2)cc1. The first-order chi connectivity index (χ1) is 11.3. The number of rotatable bonds is 3. The summed E-state index contributed by atoms with van der Waals surface area (Å²) in [7, 11) is 0. The molecule has 23 heavy (non-hydrogen) atoms. The van der Waals surface area contributed by atoms with Gasteiger partial charge in [-0.3, -0.25) is 0 Å². The minimum Gasteiger partial charge on any atom is -0.508 e.